The minimum Gasteiger partial charge on any atom is -0.396 e. The average molecular weight is 291 g/mol. The minimum atomic E-state index is 0.269. The minimum absolute atomic E-state index is 0.269. The number of amides is 1. The number of nitrogens with zero attached hydrogens (tertiary/aromatic N) is 1. The van der Waals surface area contributed by atoms with Crippen molar-refractivity contribution in [2.75, 3.05) is 19.7 Å². The molecule has 1 atom stereocenters. The lowest BCUT2D eigenvalue weighted by Gasteiger charge is -2.54. The molecule has 4 bridgehead atoms. The first-order valence-corrected chi connectivity index (χ1v) is 9.14. The van der Waals surface area contributed by atoms with Gasteiger partial charge in [-0.05, 0) is 81.0 Å². The molecule has 21 heavy (non-hydrogen) atoms. The number of aliphatic hydroxyl groups is 1. The standard InChI is InChI=1S/C18H29NO2/c20-5-3-12-2-1-4-19(11-12)18(21)17-15-7-13-6-14(9-15)10-16(17)8-13/h12-17,20H,1-11H2. The molecule has 5 rings (SSSR count). The van der Waals surface area contributed by atoms with E-state index in [9.17, 15) is 4.79 Å². The van der Waals surface area contributed by atoms with Crippen LogP contribution in [-0.2, 0) is 4.79 Å². The molecule has 3 nitrogen and oxygen atoms in total. The second-order valence-corrected chi connectivity index (χ2v) is 8.26. The molecule has 0 aromatic rings. The van der Waals surface area contributed by atoms with Crippen molar-refractivity contribution in [2.24, 2.45) is 35.5 Å². The highest BCUT2D eigenvalue weighted by molar-refractivity contribution is 5.80. The summed E-state index contributed by atoms with van der Waals surface area (Å²) in [5, 5.41) is 9.15. The normalized spacial score (nSPS) is 45.1. The highest BCUT2D eigenvalue weighted by Crippen LogP contribution is 2.57. The van der Waals surface area contributed by atoms with E-state index >= 15 is 0 Å². The quantitative estimate of drug-likeness (QED) is 0.868. The molecule has 1 unspecified atom stereocenters. The summed E-state index contributed by atoms with van der Waals surface area (Å²) in [7, 11) is 0. The fourth-order valence-corrected chi connectivity index (χ4v) is 6.22. The molecule has 1 N–H and O–H groups in total. The Morgan fingerprint density at radius 2 is 1.71 bits per heavy atom. The van der Waals surface area contributed by atoms with Crippen molar-refractivity contribution in [1.82, 2.24) is 4.90 Å². The smallest absolute Gasteiger partial charge is 0.226 e. The summed E-state index contributed by atoms with van der Waals surface area (Å²) in [5.41, 5.74) is 0. The van der Waals surface area contributed by atoms with Gasteiger partial charge < -0.3 is 10.0 Å². The molecule has 5 aliphatic rings. The van der Waals surface area contributed by atoms with Gasteiger partial charge in [0.15, 0.2) is 0 Å². The predicted octanol–water partition coefficient (Wildman–Crippen LogP) is 2.68. The largest absolute Gasteiger partial charge is 0.396 e. The van der Waals surface area contributed by atoms with Crippen LogP contribution in [0.3, 0.4) is 0 Å². The number of aliphatic hydroxyl groups excluding tert-OH is 1. The molecule has 4 aliphatic carbocycles. The van der Waals surface area contributed by atoms with Gasteiger partial charge in [0, 0.05) is 25.6 Å². The van der Waals surface area contributed by atoms with E-state index < -0.39 is 0 Å². The zero-order valence-corrected chi connectivity index (χ0v) is 13.0. The topological polar surface area (TPSA) is 40.5 Å². The Bertz CT molecular complexity index is 378. The van der Waals surface area contributed by atoms with E-state index in [-0.39, 0.29) is 6.61 Å². The SMILES string of the molecule is O=C(C1C2CC3CC(C2)CC1C3)N1CCCC(CCO)C1. The van der Waals surface area contributed by atoms with Crippen molar-refractivity contribution >= 4 is 5.91 Å². The van der Waals surface area contributed by atoms with Crippen molar-refractivity contribution in [3.63, 3.8) is 0 Å². The predicted molar refractivity (Wildman–Crippen MR) is 81.5 cm³/mol. The Morgan fingerprint density at radius 3 is 2.33 bits per heavy atom. The maximum atomic E-state index is 13.1. The lowest BCUT2D eigenvalue weighted by molar-refractivity contribution is -0.151. The molecule has 5 fully saturated rings. The first-order chi connectivity index (χ1) is 10.2. The van der Waals surface area contributed by atoms with Gasteiger partial charge in [-0.3, -0.25) is 4.79 Å². The van der Waals surface area contributed by atoms with Crippen LogP contribution in [0.5, 0.6) is 0 Å². The molecule has 1 aliphatic heterocycles. The number of piperidine rings is 1. The van der Waals surface area contributed by atoms with E-state index in [1.54, 1.807) is 0 Å². The number of likely N-dealkylation sites (tertiary alicyclic amines) is 1. The molecule has 118 valence electrons. The van der Waals surface area contributed by atoms with Gasteiger partial charge in [-0.1, -0.05) is 0 Å². The van der Waals surface area contributed by atoms with Crippen molar-refractivity contribution in [1.29, 1.82) is 0 Å². The Labute approximate surface area is 128 Å². The van der Waals surface area contributed by atoms with Crippen molar-refractivity contribution < 1.29 is 9.90 Å². The van der Waals surface area contributed by atoms with Crippen LogP contribution < -0.4 is 0 Å². The highest BCUT2D eigenvalue weighted by atomic mass is 16.3. The number of hydrogen-bond acceptors (Lipinski definition) is 2. The first-order valence-electron chi connectivity index (χ1n) is 9.14. The Hall–Kier alpha value is -0.570. The summed E-state index contributed by atoms with van der Waals surface area (Å²) in [4.78, 5) is 15.3. The monoisotopic (exact) mass is 291 g/mol. The van der Waals surface area contributed by atoms with Crippen LogP contribution in [0.2, 0.25) is 0 Å². The van der Waals surface area contributed by atoms with Gasteiger partial charge in [0.2, 0.25) is 5.91 Å². The van der Waals surface area contributed by atoms with E-state index in [0.717, 1.165) is 37.8 Å². The summed E-state index contributed by atoms with van der Waals surface area (Å²) in [6.07, 6.45) is 9.96. The number of carbonyl (C=O) groups excluding carboxylic acids is 1. The lowest BCUT2D eigenvalue weighted by Crippen LogP contribution is -2.53. The summed E-state index contributed by atoms with van der Waals surface area (Å²) in [6.45, 7) is 2.14. The van der Waals surface area contributed by atoms with Crippen LogP contribution >= 0.6 is 0 Å². The molecule has 0 radical (unpaired) electrons. The average Bonchev–Trinajstić information content (AvgIpc) is 2.46. The van der Waals surface area contributed by atoms with Gasteiger partial charge >= 0.3 is 0 Å². The van der Waals surface area contributed by atoms with Crippen LogP contribution in [0.25, 0.3) is 0 Å². The van der Waals surface area contributed by atoms with E-state index in [1.807, 2.05) is 0 Å². The lowest BCUT2D eigenvalue weighted by atomic mass is 9.51. The van der Waals surface area contributed by atoms with Crippen LogP contribution in [0, 0.1) is 35.5 Å². The fourth-order valence-electron chi connectivity index (χ4n) is 6.22. The molecule has 4 saturated carbocycles. The zero-order valence-electron chi connectivity index (χ0n) is 13.0. The van der Waals surface area contributed by atoms with E-state index in [0.29, 0.717) is 29.6 Å². The first kappa shape index (κ1) is 14.0. The molecule has 0 aromatic carbocycles. The molecule has 0 spiro atoms. The van der Waals surface area contributed by atoms with E-state index in [1.165, 1.54) is 38.5 Å². The molecular formula is C18H29NO2. The van der Waals surface area contributed by atoms with Gasteiger partial charge in [0.25, 0.3) is 0 Å². The number of hydrogen-bond donors (Lipinski definition) is 1. The van der Waals surface area contributed by atoms with Gasteiger partial charge in [-0.2, -0.15) is 0 Å². The third-order valence-corrected chi connectivity index (χ3v) is 6.88. The van der Waals surface area contributed by atoms with Crippen molar-refractivity contribution in [2.45, 2.75) is 51.4 Å². The fraction of sp³-hybridized carbons (Fsp3) is 0.944. The Morgan fingerprint density at radius 1 is 1.05 bits per heavy atom. The molecule has 3 heteroatoms. The van der Waals surface area contributed by atoms with Crippen LogP contribution in [0.1, 0.15) is 51.4 Å². The second kappa shape index (κ2) is 5.57. The summed E-state index contributed by atoms with van der Waals surface area (Å²) < 4.78 is 0. The molecule has 1 saturated heterocycles. The number of rotatable bonds is 3. The van der Waals surface area contributed by atoms with E-state index in [2.05, 4.69) is 4.90 Å². The van der Waals surface area contributed by atoms with Gasteiger partial charge in [-0.15, -0.1) is 0 Å². The maximum Gasteiger partial charge on any atom is 0.226 e. The summed E-state index contributed by atoms with van der Waals surface area (Å²) >= 11 is 0. The highest BCUT2D eigenvalue weighted by Gasteiger charge is 2.51. The van der Waals surface area contributed by atoms with Gasteiger partial charge in [0.05, 0.1) is 0 Å². The summed E-state index contributed by atoms with van der Waals surface area (Å²) in [6, 6.07) is 0. The van der Waals surface area contributed by atoms with Crippen LogP contribution in [-0.4, -0.2) is 35.6 Å². The molecule has 1 heterocycles. The third-order valence-electron chi connectivity index (χ3n) is 6.88. The Kier molecular flexibility index (Phi) is 3.72. The molecule has 0 aromatic heterocycles. The van der Waals surface area contributed by atoms with Gasteiger partial charge in [-0.25, -0.2) is 0 Å². The number of carbonyl (C=O) groups is 1. The van der Waals surface area contributed by atoms with Gasteiger partial charge in [0.1, 0.15) is 0 Å². The van der Waals surface area contributed by atoms with Crippen LogP contribution in [0.15, 0.2) is 0 Å². The summed E-state index contributed by atoms with van der Waals surface area (Å²) in [5.74, 6) is 4.65. The van der Waals surface area contributed by atoms with Crippen LogP contribution in [0.4, 0.5) is 0 Å². The second-order valence-electron chi connectivity index (χ2n) is 8.26. The van der Waals surface area contributed by atoms with E-state index in [4.69, 9.17) is 5.11 Å². The van der Waals surface area contributed by atoms with Crippen molar-refractivity contribution in [3.8, 4) is 0 Å². The molecule has 1 amide bonds. The zero-order chi connectivity index (χ0) is 14.4. The Balaban J connectivity index is 1.45. The molecular weight excluding hydrogens is 262 g/mol. The maximum absolute atomic E-state index is 13.1. The van der Waals surface area contributed by atoms with Crippen molar-refractivity contribution in [3.05, 3.63) is 0 Å². The third kappa shape index (κ3) is 2.52.